The first-order valence-electron chi connectivity index (χ1n) is 10.9. The minimum atomic E-state index is -3.82. The molecule has 2 saturated carbocycles. The summed E-state index contributed by atoms with van der Waals surface area (Å²) in [5.74, 6) is 1.53. The second-order valence-corrected chi connectivity index (χ2v) is 11.2. The number of ketones is 2. The van der Waals surface area contributed by atoms with Crippen LogP contribution in [0.4, 0.5) is 0 Å². The molecule has 3 aliphatic rings. The van der Waals surface area contributed by atoms with E-state index in [1.54, 1.807) is 24.3 Å². The maximum absolute atomic E-state index is 13.3. The molecule has 5 rings (SSSR count). The second-order valence-electron chi connectivity index (χ2n) is 9.27. The van der Waals surface area contributed by atoms with Gasteiger partial charge >= 0.3 is 0 Å². The van der Waals surface area contributed by atoms with Gasteiger partial charge in [-0.3, -0.25) is 9.59 Å². The lowest BCUT2D eigenvalue weighted by atomic mass is 9.60. The molecule has 0 spiro atoms. The van der Waals surface area contributed by atoms with Crippen LogP contribution in [0.1, 0.15) is 71.7 Å². The SMILES string of the molecule is CC1CCC(C2CCC2C(=O)c2ccc3c(c2)S(=O)(=O)c2ccccc2C3=O)CC1. The van der Waals surface area contributed by atoms with E-state index in [2.05, 4.69) is 6.92 Å². The Balaban J connectivity index is 1.45. The Morgan fingerprint density at radius 3 is 2.27 bits per heavy atom. The highest BCUT2D eigenvalue weighted by Crippen LogP contribution is 2.47. The minimum Gasteiger partial charge on any atom is -0.294 e. The molecule has 2 aliphatic carbocycles. The molecule has 156 valence electrons. The van der Waals surface area contributed by atoms with Gasteiger partial charge in [0.05, 0.1) is 9.79 Å². The first kappa shape index (κ1) is 19.7. The largest absolute Gasteiger partial charge is 0.294 e. The zero-order chi connectivity index (χ0) is 21.0. The Labute approximate surface area is 177 Å². The quantitative estimate of drug-likeness (QED) is 0.551. The van der Waals surface area contributed by atoms with Gasteiger partial charge in [0, 0.05) is 22.6 Å². The lowest BCUT2D eigenvalue weighted by molar-refractivity contribution is 0.0501. The Kier molecular flexibility index (Phi) is 4.69. The lowest BCUT2D eigenvalue weighted by Crippen LogP contribution is -2.39. The average molecular weight is 423 g/mol. The average Bonchev–Trinajstić information content (AvgIpc) is 2.73. The molecule has 2 fully saturated rings. The highest BCUT2D eigenvalue weighted by molar-refractivity contribution is 7.91. The molecule has 2 aromatic carbocycles. The fraction of sp³-hybridized carbons (Fsp3) is 0.440. The number of carbonyl (C=O) groups excluding carboxylic acids is 2. The first-order valence-corrected chi connectivity index (χ1v) is 12.4. The number of carbonyl (C=O) groups is 2. The van der Waals surface area contributed by atoms with Crippen molar-refractivity contribution < 1.29 is 18.0 Å². The van der Waals surface area contributed by atoms with Gasteiger partial charge < -0.3 is 0 Å². The van der Waals surface area contributed by atoms with E-state index in [0.29, 0.717) is 17.4 Å². The number of hydrogen-bond donors (Lipinski definition) is 0. The van der Waals surface area contributed by atoms with Crippen LogP contribution >= 0.6 is 0 Å². The summed E-state index contributed by atoms with van der Waals surface area (Å²) in [6.45, 7) is 2.30. The molecule has 2 unspecified atom stereocenters. The normalized spacial score (nSPS) is 29.4. The fourth-order valence-electron chi connectivity index (χ4n) is 5.58. The first-order chi connectivity index (χ1) is 14.4. The van der Waals surface area contributed by atoms with Crippen molar-refractivity contribution in [3.8, 4) is 0 Å². The molecule has 0 bridgehead atoms. The topological polar surface area (TPSA) is 68.3 Å². The zero-order valence-corrected chi connectivity index (χ0v) is 18.0. The molecule has 0 radical (unpaired) electrons. The molecule has 4 nitrogen and oxygen atoms in total. The van der Waals surface area contributed by atoms with E-state index in [9.17, 15) is 18.0 Å². The van der Waals surface area contributed by atoms with Crippen LogP contribution in [0.25, 0.3) is 0 Å². The van der Waals surface area contributed by atoms with Gasteiger partial charge in [0.1, 0.15) is 0 Å². The van der Waals surface area contributed by atoms with Crippen molar-refractivity contribution >= 4 is 21.4 Å². The van der Waals surface area contributed by atoms with Gasteiger partial charge in [-0.1, -0.05) is 38.0 Å². The molecule has 0 amide bonds. The number of Topliss-reactive ketones (excluding diaryl/α,β-unsaturated/α-hetero) is 1. The van der Waals surface area contributed by atoms with Gasteiger partial charge in [-0.15, -0.1) is 0 Å². The number of hydrogen-bond acceptors (Lipinski definition) is 4. The van der Waals surface area contributed by atoms with Crippen molar-refractivity contribution in [2.45, 2.75) is 55.2 Å². The van der Waals surface area contributed by atoms with Crippen LogP contribution in [0.2, 0.25) is 0 Å². The Morgan fingerprint density at radius 2 is 1.57 bits per heavy atom. The highest BCUT2D eigenvalue weighted by atomic mass is 32.2. The Bertz CT molecular complexity index is 1140. The molecule has 2 aromatic rings. The molecule has 0 aromatic heterocycles. The Morgan fingerprint density at radius 1 is 0.867 bits per heavy atom. The minimum absolute atomic E-state index is 0.0178. The molecule has 0 saturated heterocycles. The maximum atomic E-state index is 13.3. The van der Waals surface area contributed by atoms with E-state index in [4.69, 9.17) is 0 Å². The summed E-state index contributed by atoms with van der Waals surface area (Å²) in [4.78, 5) is 26.1. The second kappa shape index (κ2) is 7.16. The molecular weight excluding hydrogens is 396 g/mol. The van der Waals surface area contributed by atoms with E-state index in [-0.39, 0.29) is 38.4 Å². The molecular formula is C25H26O4S. The van der Waals surface area contributed by atoms with E-state index < -0.39 is 9.84 Å². The van der Waals surface area contributed by atoms with Crippen LogP contribution in [-0.2, 0) is 9.84 Å². The van der Waals surface area contributed by atoms with Gasteiger partial charge in [-0.2, -0.15) is 0 Å². The van der Waals surface area contributed by atoms with E-state index >= 15 is 0 Å². The van der Waals surface area contributed by atoms with Crippen LogP contribution in [-0.4, -0.2) is 20.0 Å². The van der Waals surface area contributed by atoms with Crippen molar-refractivity contribution in [3.05, 3.63) is 59.2 Å². The van der Waals surface area contributed by atoms with Crippen molar-refractivity contribution in [3.63, 3.8) is 0 Å². The summed E-state index contributed by atoms with van der Waals surface area (Å²) in [6.07, 6.45) is 6.83. The van der Waals surface area contributed by atoms with Gasteiger partial charge in [0.2, 0.25) is 9.84 Å². The van der Waals surface area contributed by atoms with Crippen molar-refractivity contribution in [1.82, 2.24) is 0 Å². The predicted molar refractivity (Wildman–Crippen MR) is 113 cm³/mol. The van der Waals surface area contributed by atoms with E-state index in [1.165, 1.54) is 43.9 Å². The molecule has 1 heterocycles. The van der Waals surface area contributed by atoms with Crippen molar-refractivity contribution in [2.75, 3.05) is 0 Å². The van der Waals surface area contributed by atoms with E-state index in [1.807, 2.05) is 0 Å². The molecule has 0 N–H and O–H groups in total. The summed E-state index contributed by atoms with van der Waals surface area (Å²) < 4.78 is 26.3. The van der Waals surface area contributed by atoms with Crippen LogP contribution < -0.4 is 0 Å². The van der Waals surface area contributed by atoms with Crippen molar-refractivity contribution in [2.24, 2.45) is 23.7 Å². The summed E-state index contributed by atoms with van der Waals surface area (Å²) in [5.41, 5.74) is 0.787. The van der Waals surface area contributed by atoms with E-state index in [0.717, 1.165) is 18.8 Å². The van der Waals surface area contributed by atoms with Gasteiger partial charge in [-0.05, 0) is 67.7 Å². The summed E-state index contributed by atoms with van der Waals surface area (Å²) in [7, 11) is -3.82. The van der Waals surface area contributed by atoms with Gasteiger partial charge in [-0.25, -0.2) is 8.42 Å². The van der Waals surface area contributed by atoms with Gasteiger partial charge in [0.15, 0.2) is 11.6 Å². The standard InChI is InChI=1S/C25H26O4S/c1-15-6-8-16(9-7-15)18-12-13-19(18)24(26)17-10-11-21-23(14-17)30(28,29)22-5-3-2-4-20(22)25(21)27/h2-5,10-11,14-16,18-19H,6-9,12-13H2,1H3. The number of rotatable bonds is 3. The summed E-state index contributed by atoms with van der Waals surface area (Å²) in [5, 5.41) is 0. The third kappa shape index (κ3) is 2.97. The smallest absolute Gasteiger partial charge is 0.208 e. The van der Waals surface area contributed by atoms with Crippen molar-refractivity contribution in [1.29, 1.82) is 0 Å². The zero-order valence-electron chi connectivity index (χ0n) is 17.1. The van der Waals surface area contributed by atoms with Crippen LogP contribution in [0, 0.1) is 23.7 Å². The highest BCUT2D eigenvalue weighted by Gasteiger charge is 2.43. The fourth-order valence-corrected chi connectivity index (χ4v) is 7.26. The summed E-state index contributed by atoms with van der Waals surface area (Å²) in [6, 6.07) is 10.9. The van der Waals surface area contributed by atoms with Crippen LogP contribution in [0.3, 0.4) is 0 Å². The number of fused-ring (bicyclic) bond motifs is 2. The van der Waals surface area contributed by atoms with Gasteiger partial charge in [0.25, 0.3) is 0 Å². The monoisotopic (exact) mass is 422 g/mol. The third-order valence-corrected chi connectivity index (χ3v) is 9.40. The molecule has 30 heavy (non-hydrogen) atoms. The Hall–Kier alpha value is -2.27. The van der Waals surface area contributed by atoms with Crippen LogP contribution in [0.15, 0.2) is 52.3 Å². The predicted octanol–water partition coefficient (Wildman–Crippen LogP) is 5.10. The molecule has 2 atom stereocenters. The lowest BCUT2D eigenvalue weighted by Gasteiger charge is -2.43. The van der Waals surface area contributed by atoms with Crippen LogP contribution in [0.5, 0.6) is 0 Å². The number of sulfone groups is 1. The maximum Gasteiger partial charge on any atom is 0.208 e. The molecule has 5 heteroatoms. The summed E-state index contributed by atoms with van der Waals surface area (Å²) >= 11 is 0. The third-order valence-electron chi connectivity index (χ3n) is 7.55. The molecule has 1 aliphatic heterocycles. The number of benzene rings is 2.